The molecular weight excluding hydrogens is 1530 g/mol. The van der Waals surface area contributed by atoms with Crippen molar-refractivity contribution < 1.29 is 46.0 Å². The molecule has 0 amide bonds. The third-order valence-electron chi connectivity index (χ3n) is 13.2. The zero-order valence-corrected chi connectivity index (χ0v) is 58.8. The van der Waals surface area contributed by atoms with Crippen molar-refractivity contribution in [2.45, 2.75) is 142 Å². The average molecular weight is 1610 g/mol. The predicted molar refractivity (Wildman–Crippen MR) is 359 cm³/mol. The maximum absolute atomic E-state index is 11.1. The zero-order valence-electron chi connectivity index (χ0n) is 46.2. The Labute approximate surface area is 552 Å². The summed E-state index contributed by atoms with van der Waals surface area (Å²) in [7, 11) is 3.16. The average Bonchev–Trinajstić information content (AvgIpc) is 4.50. The molecule has 454 valence electrons. The van der Waals surface area contributed by atoms with Crippen molar-refractivity contribution in [2.24, 2.45) is 17.8 Å². The van der Waals surface area contributed by atoms with Crippen LogP contribution in [0.2, 0.25) is 0 Å². The molecule has 6 fully saturated rings. The minimum atomic E-state index is -3.67. The Morgan fingerprint density at radius 1 is 0.410 bits per heavy atom. The van der Waals surface area contributed by atoms with E-state index in [0.717, 1.165) is 65.5 Å². The van der Waals surface area contributed by atoms with E-state index in [1.807, 2.05) is 60.7 Å². The van der Waals surface area contributed by atoms with Gasteiger partial charge in [0.15, 0.2) is 0 Å². The van der Waals surface area contributed by atoms with Gasteiger partial charge in [-0.25, -0.2) is 16.8 Å². The van der Waals surface area contributed by atoms with E-state index in [9.17, 15) is 16.8 Å². The van der Waals surface area contributed by atoms with Crippen molar-refractivity contribution in [3.05, 3.63) is 163 Å². The van der Waals surface area contributed by atoms with E-state index in [0.29, 0.717) is 41.6 Å². The number of phenols is 2. The van der Waals surface area contributed by atoms with E-state index in [1.54, 1.807) is 60.7 Å². The van der Waals surface area contributed by atoms with Gasteiger partial charge in [-0.1, -0.05) is 145 Å². The molecule has 0 radical (unpaired) electrons. The standard InChI is InChI=1S/C11H13BrO.C11H13ClO3S.C10H11BrO.C10H11ClO3S.2C6H5BrO.C5H9Br.C4H7Br/c12-9-4-3-7-11(8-9)13-10-5-1-2-6-10;12-16(13,14)11-7-3-6-10(8-11)15-9-4-1-2-5-9;11-9-2-1-3-10(6-9)12-7-8-4-5-8;11-15(12,13)10-3-1-2-9(6-10)14-7-8-4-5-8;2*7-5-2-1-3-6(8)4-5;6-5-3-1-2-4-5;5-3-4-1-2-4/h3-4,7-8,10H,1-2,5-6H2;3,6-9H,1-2,4-5H2;1-3,6,8H,4-5,7H2;1-3,6,8H,4-5,7H2;2*1-4,8H;5H,1-4H2;4H,1-3H2. The number of hydrogen-bond donors (Lipinski definition) is 2. The Kier molecular flexibility index (Phi) is 33.2. The van der Waals surface area contributed by atoms with Gasteiger partial charge in [0.1, 0.15) is 34.5 Å². The molecule has 0 aliphatic heterocycles. The van der Waals surface area contributed by atoms with Gasteiger partial charge in [0, 0.05) is 61.5 Å². The first-order valence-electron chi connectivity index (χ1n) is 28.0. The number of ether oxygens (including phenoxy) is 4. The topological polar surface area (TPSA) is 146 Å². The van der Waals surface area contributed by atoms with Crippen LogP contribution in [0.25, 0.3) is 0 Å². The van der Waals surface area contributed by atoms with Crippen molar-refractivity contribution in [1.82, 2.24) is 0 Å². The number of alkyl halides is 2. The second-order valence-corrected chi connectivity index (χ2v) is 31.5. The van der Waals surface area contributed by atoms with Crippen molar-refractivity contribution in [1.29, 1.82) is 0 Å². The molecule has 0 unspecified atom stereocenters. The number of rotatable bonds is 13. The van der Waals surface area contributed by atoms with Gasteiger partial charge in [-0.2, -0.15) is 0 Å². The number of phenolic OH excluding ortho intramolecular Hbond substituents is 2. The summed E-state index contributed by atoms with van der Waals surface area (Å²) in [4.78, 5) is 1.03. The Bertz CT molecular complexity index is 2960. The molecule has 0 bridgehead atoms. The second kappa shape index (κ2) is 38.7. The molecule has 0 atom stereocenters. The number of halogens is 8. The molecular formula is C63H74Br6Cl2O10S2. The minimum absolute atomic E-state index is 0.0810. The highest BCUT2D eigenvalue weighted by atomic mass is 79.9. The van der Waals surface area contributed by atoms with Gasteiger partial charge in [0.2, 0.25) is 0 Å². The summed E-state index contributed by atoms with van der Waals surface area (Å²) in [6.45, 7) is 1.54. The third-order valence-corrected chi connectivity index (χ3v) is 19.7. The minimum Gasteiger partial charge on any atom is -0.508 e. The first kappa shape index (κ1) is 71.2. The van der Waals surface area contributed by atoms with Crippen molar-refractivity contribution in [3.63, 3.8) is 0 Å². The first-order valence-corrected chi connectivity index (χ1v) is 37.8. The summed E-state index contributed by atoms with van der Waals surface area (Å²) in [5, 5.41) is 18.8. The molecule has 12 rings (SSSR count). The third kappa shape index (κ3) is 33.4. The Balaban J connectivity index is 0.000000178. The first-order chi connectivity index (χ1) is 39.7. The number of hydrogen-bond acceptors (Lipinski definition) is 10. The van der Waals surface area contributed by atoms with Crippen LogP contribution < -0.4 is 18.9 Å². The molecule has 2 N–H and O–H groups in total. The van der Waals surface area contributed by atoms with E-state index >= 15 is 0 Å². The van der Waals surface area contributed by atoms with E-state index < -0.39 is 18.1 Å². The van der Waals surface area contributed by atoms with Crippen molar-refractivity contribution in [3.8, 4) is 34.5 Å². The molecule has 10 nitrogen and oxygen atoms in total. The monoisotopic (exact) mass is 1600 g/mol. The van der Waals surface area contributed by atoms with E-state index in [-0.39, 0.29) is 15.9 Å². The fourth-order valence-electron chi connectivity index (χ4n) is 8.01. The number of aromatic hydroxyl groups is 2. The van der Waals surface area contributed by atoms with Gasteiger partial charge < -0.3 is 29.2 Å². The maximum Gasteiger partial charge on any atom is 0.261 e. The lowest BCUT2D eigenvalue weighted by Gasteiger charge is -2.13. The van der Waals surface area contributed by atoms with Crippen LogP contribution in [-0.4, -0.2) is 62.6 Å². The molecule has 6 aliphatic rings. The van der Waals surface area contributed by atoms with Crippen LogP contribution in [0.1, 0.15) is 116 Å². The van der Waals surface area contributed by atoms with Gasteiger partial charge in [0.25, 0.3) is 18.1 Å². The molecule has 0 saturated heterocycles. The second-order valence-electron chi connectivity index (χ2n) is 20.7. The highest BCUT2D eigenvalue weighted by molar-refractivity contribution is 9.11. The summed E-state index contributed by atoms with van der Waals surface area (Å²) >= 11 is 20.2. The number of benzene rings is 6. The van der Waals surface area contributed by atoms with Crippen molar-refractivity contribution >= 4 is 135 Å². The zero-order chi connectivity index (χ0) is 60.0. The van der Waals surface area contributed by atoms with E-state index in [1.165, 1.54) is 132 Å². The van der Waals surface area contributed by atoms with Crippen LogP contribution in [0.15, 0.2) is 173 Å². The van der Waals surface area contributed by atoms with Gasteiger partial charge in [-0.15, -0.1) is 0 Å². The quantitative estimate of drug-likeness (QED) is 0.0846. The Morgan fingerprint density at radius 3 is 1.02 bits per heavy atom. The summed E-state index contributed by atoms with van der Waals surface area (Å²) in [5.41, 5.74) is 0. The lowest BCUT2D eigenvalue weighted by molar-refractivity contribution is 0.209. The normalized spacial score (nSPS) is 16.4. The summed E-state index contributed by atoms with van der Waals surface area (Å²) < 4.78 is 70.9. The summed E-state index contributed by atoms with van der Waals surface area (Å²) in [6.07, 6.45) is 23.9. The molecule has 0 aromatic heterocycles. The predicted octanol–water partition coefficient (Wildman–Crippen LogP) is 20.8. The van der Waals surface area contributed by atoms with Crippen molar-refractivity contribution in [2.75, 3.05) is 18.5 Å². The highest BCUT2D eigenvalue weighted by Gasteiger charge is 2.23. The lowest BCUT2D eigenvalue weighted by Crippen LogP contribution is -2.10. The molecule has 6 aromatic rings. The van der Waals surface area contributed by atoms with Crippen LogP contribution in [0, 0.1) is 17.8 Å². The van der Waals surface area contributed by atoms with Gasteiger partial charge in [-0.3, -0.25) is 0 Å². The summed E-state index contributed by atoms with van der Waals surface area (Å²) in [6, 6.07) is 42.5. The van der Waals surface area contributed by atoms with Crippen LogP contribution >= 0.6 is 117 Å². The Hall–Kier alpha value is -2.52. The molecule has 6 aromatic carbocycles. The largest absolute Gasteiger partial charge is 0.508 e. The Morgan fingerprint density at radius 2 is 0.723 bits per heavy atom. The molecule has 6 aliphatic carbocycles. The lowest BCUT2D eigenvalue weighted by atomic mass is 10.3. The smallest absolute Gasteiger partial charge is 0.261 e. The van der Waals surface area contributed by atoms with Crippen LogP contribution in [0.5, 0.6) is 34.5 Å². The SMILES string of the molecule is BrC1CCCC1.BrCC1CC1.Brc1cccc(OC2CCCC2)c1.Brc1cccc(OCC2CC2)c1.O=S(=O)(Cl)c1cccc(OC2CCCC2)c1.O=S(=O)(Cl)c1cccc(OCC2CC2)c1.Oc1cccc(Br)c1.Oc1cccc(Br)c1. The van der Waals surface area contributed by atoms with Gasteiger partial charge in [-0.05, 0) is 218 Å². The van der Waals surface area contributed by atoms with Crippen LogP contribution in [0.4, 0.5) is 0 Å². The molecule has 6 saturated carbocycles. The molecule has 83 heavy (non-hydrogen) atoms. The van der Waals surface area contributed by atoms with E-state index in [4.69, 9.17) is 50.5 Å². The molecule has 0 heterocycles. The van der Waals surface area contributed by atoms with Gasteiger partial charge >= 0.3 is 0 Å². The van der Waals surface area contributed by atoms with Gasteiger partial charge in [0.05, 0.1) is 35.2 Å². The molecule has 0 spiro atoms. The van der Waals surface area contributed by atoms with Crippen LogP contribution in [-0.2, 0) is 18.1 Å². The van der Waals surface area contributed by atoms with Crippen LogP contribution in [0.3, 0.4) is 0 Å². The van der Waals surface area contributed by atoms with E-state index in [2.05, 4.69) is 95.6 Å². The highest BCUT2D eigenvalue weighted by Crippen LogP contribution is 2.33. The fraction of sp³-hybridized carbons (Fsp3) is 0.429. The summed E-state index contributed by atoms with van der Waals surface area (Å²) in [5.74, 6) is 6.19. The molecule has 20 heteroatoms. The maximum atomic E-state index is 11.1. The fourth-order valence-corrected chi connectivity index (χ4v) is 12.4.